The Kier molecular flexibility index (Phi) is 6.63. The number of rotatable bonds is 7. The molecule has 2 aromatic rings. The van der Waals surface area contributed by atoms with Crippen LogP contribution in [0, 0.1) is 13.8 Å². The van der Waals surface area contributed by atoms with Crippen LogP contribution in [0.2, 0.25) is 0 Å². The number of aromatic nitrogens is 2. The fourth-order valence-corrected chi connectivity index (χ4v) is 3.39. The van der Waals surface area contributed by atoms with Gasteiger partial charge < -0.3 is 15.5 Å². The smallest absolute Gasteiger partial charge is 0.224 e. The minimum Gasteiger partial charge on any atom is -0.372 e. The molecule has 1 aliphatic rings. The maximum Gasteiger partial charge on any atom is 0.224 e. The van der Waals surface area contributed by atoms with E-state index in [0.717, 1.165) is 36.6 Å². The number of piperidine rings is 1. The van der Waals surface area contributed by atoms with Gasteiger partial charge in [0.15, 0.2) is 0 Å². The Balaban J connectivity index is 1.39. The van der Waals surface area contributed by atoms with Gasteiger partial charge in [0.05, 0.1) is 0 Å². The van der Waals surface area contributed by atoms with E-state index in [2.05, 4.69) is 37.6 Å². The van der Waals surface area contributed by atoms with Gasteiger partial charge in [-0.25, -0.2) is 9.97 Å². The Morgan fingerprint density at radius 1 is 1.04 bits per heavy atom. The summed E-state index contributed by atoms with van der Waals surface area (Å²) in [6.45, 7) is 6.82. The topological polar surface area (TPSA) is 70.2 Å². The minimum absolute atomic E-state index is 0.0314. The molecule has 3 rings (SSSR count). The summed E-state index contributed by atoms with van der Waals surface area (Å²) < 4.78 is 0. The SMILES string of the molecule is Cc1cc(C)nc(NCCCC(=O)Nc2ccc(N3CCCCC3)cc2)n1. The predicted molar refractivity (Wildman–Crippen MR) is 110 cm³/mol. The molecule has 6 nitrogen and oxygen atoms in total. The van der Waals surface area contributed by atoms with E-state index in [9.17, 15) is 4.79 Å². The van der Waals surface area contributed by atoms with Gasteiger partial charge in [-0.3, -0.25) is 4.79 Å². The van der Waals surface area contributed by atoms with Crippen molar-refractivity contribution in [3.05, 3.63) is 41.7 Å². The Bertz CT molecular complexity index is 733. The lowest BCUT2D eigenvalue weighted by molar-refractivity contribution is -0.116. The number of carbonyl (C=O) groups is 1. The lowest BCUT2D eigenvalue weighted by Crippen LogP contribution is -2.29. The number of aryl methyl sites for hydroxylation is 2. The fourth-order valence-electron chi connectivity index (χ4n) is 3.39. The molecule has 6 heteroatoms. The fraction of sp³-hybridized carbons (Fsp3) is 0.476. The first-order chi connectivity index (χ1) is 13.1. The van der Waals surface area contributed by atoms with E-state index < -0.39 is 0 Å². The summed E-state index contributed by atoms with van der Waals surface area (Å²) in [6, 6.07) is 10.1. The number of nitrogens with zero attached hydrogens (tertiary/aromatic N) is 3. The quantitative estimate of drug-likeness (QED) is 0.726. The molecular weight excluding hydrogens is 338 g/mol. The van der Waals surface area contributed by atoms with Crippen LogP contribution in [0.5, 0.6) is 0 Å². The zero-order valence-electron chi connectivity index (χ0n) is 16.3. The molecule has 27 heavy (non-hydrogen) atoms. The third-order valence-corrected chi connectivity index (χ3v) is 4.72. The summed E-state index contributed by atoms with van der Waals surface area (Å²) in [7, 11) is 0. The lowest BCUT2D eigenvalue weighted by atomic mass is 10.1. The standard InChI is InChI=1S/C21H29N5O/c1-16-15-17(2)24-21(23-16)22-12-6-7-20(27)25-18-8-10-19(11-9-18)26-13-4-3-5-14-26/h8-11,15H,3-7,12-14H2,1-2H3,(H,25,27)(H,22,23,24). The van der Waals surface area contributed by atoms with Crippen molar-refractivity contribution in [1.29, 1.82) is 0 Å². The average Bonchev–Trinajstić information content (AvgIpc) is 2.66. The van der Waals surface area contributed by atoms with Gasteiger partial charge in [0.25, 0.3) is 0 Å². The van der Waals surface area contributed by atoms with Crippen molar-refractivity contribution in [2.75, 3.05) is 35.2 Å². The summed E-state index contributed by atoms with van der Waals surface area (Å²) in [5, 5.41) is 6.15. The maximum atomic E-state index is 12.1. The van der Waals surface area contributed by atoms with Gasteiger partial charge in [0, 0.05) is 48.8 Å². The van der Waals surface area contributed by atoms with Crippen LogP contribution < -0.4 is 15.5 Å². The van der Waals surface area contributed by atoms with Crippen LogP contribution in [0.1, 0.15) is 43.5 Å². The molecule has 1 amide bonds. The van der Waals surface area contributed by atoms with E-state index in [1.807, 2.05) is 32.0 Å². The average molecular weight is 367 g/mol. The number of hydrogen-bond acceptors (Lipinski definition) is 5. The van der Waals surface area contributed by atoms with Gasteiger partial charge >= 0.3 is 0 Å². The monoisotopic (exact) mass is 367 g/mol. The molecule has 0 unspecified atom stereocenters. The van der Waals surface area contributed by atoms with Gasteiger partial charge in [-0.15, -0.1) is 0 Å². The Labute approximate surface area is 161 Å². The van der Waals surface area contributed by atoms with E-state index in [4.69, 9.17) is 0 Å². The van der Waals surface area contributed by atoms with E-state index in [0.29, 0.717) is 18.9 Å². The highest BCUT2D eigenvalue weighted by molar-refractivity contribution is 5.90. The molecule has 1 aromatic carbocycles. The first kappa shape index (κ1) is 19.1. The number of carbonyl (C=O) groups excluding carboxylic acids is 1. The minimum atomic E-state index is 0.0314. The second-order valence-corrected chi connectivity index (χ2v) is 7.15. The van der Waals surface area contributed by atoms with Crippen LogP contribution in [-0.2, 0) is 4.79 Å². The molecule has 0 spiro atoms. The first-order valence-electron chi connectivity index (χ1n) is 9.81. The van der Waals surface area contributed by atoms with Gasteiger partial charge in [0.2, 0.25) is 11.9 Å². The summed E-state index contributed by atoms with van der Waals surface area (Å²) in [5.41, 5.74) is 3.98. The van der Waals surface area contributed by atoms with Crippen LogP contribution in [0.3, 0.4) is 0 Å². The Morgan fingerprint density at radius 3 is 2.37 bits per heavy atom. The third-order valence-electron chi connectivity index (χ3n) is 4.72. The molecule has 0 atom stereocenters. The second-order valence-electron chi connectivity index (χ2n) is 7.15. The van der Waals surface area contributed by atoms with E-state index in [1.54, 1.807) is 0 Å². The molecular formula is C21H29N5O. The number of hydrogen-bond donors (Lipinski definition) is 2. The first-order valence-corrected chi connectivity index (χ1v) is 9.81. The van der Waals surface area contributed by atoms with Crippen molar-refractivity contribution in [1.82, 2.24) is 9.97 Å². The van der Waals surface area contributed by atoms with Crippen LogP contribution in [0.25, 0.3) is 0 Å². The highest BCUT2D eigenvalue weighted by atomic mass is 16.1. The molecule has 2 heterocycles. The normalized spacial score (nSPS) is 14.1. The van der Waals surface area contributed by atoms with Crippen LogP contribution >= 0.6 is 0 Å². The predicted octanol–water partition coefficient (Wildman–Crippen LogP) is 3.91. The van der Waals surface area contributed by atoms with Gasteiger partial charge in [-0.05, 0) is 69.9 Å². The summed E-state index contributed by atoms with van der Waals surface area (Å²) in [6.07, 6.45) is 5.05. The lowest BCUT2D eigenvalue weighted by Gasteiger charge is -2.28. The van der Waals surface area contributed by atoms with E-state index >= 15 is 0 Å². The number of amides is 1. The molecule has 0 bridgehead atoms. The van der Waals surface area contributed by atoms with Crippen molar-refractivity contribution in [3.8, 4) is 0 Å². The summed E-state index contributed by atoms with van der Waals surface area (Å²) in [5.74, 6) is 0.657. The number of nitrogens with one attached hydrogen (secondary N) is 2. The molecule has 144 valence electrons. The molecule has 1 fully saturated rings. The third kappa shape index (κ3) is 5.94. The van der Waals surface area contributed by atoms with Crippen LogP contribution in [0.4, 0.5) is 17.3 Å². The van der Waals surface area contributed by atoms with Gasteiger partial charge in [-0.2, -0.15) is 0 Å². The zero-order valence-corrected chi connectivity index (χ0v) is 16.3. The van der Waals surface area contributed by atoms with E-state index in [1.165, 1.54) is 24.9 Å². The molecule has 1 saturated heterocycles. The molecule has 0 aliphatic carbocycles. The van der Waals surface area contributed by atoms with E-state index in [-0.39, 0.29) is 5.91 Å². The molecule has 1 aliphatic heterocycles. The highest BCUT2D eigenvalue weighted by Crippen LogP contribution is 2.21. The zero-order chi connectivity index (χ0) is 19.1. The molecule has 0 saturated carbocycles. The highest BCUT2D eigenvalue weighted by Gasteiger charge is 2.11. The largest absolute Gasteiger partial charge is 0.372 e. The van der Waals surface area contributed by atoms with Crippen LogP contribution in [0.15, 0.2) is 30.3 Å². The second kappa shape index (κ2) is 9.35. The Morgan fingerprint density at radius 2 is 1.70 bits per heavy atom. The maximum absolute atomic E-state index is 12.1. The number of benzene rings is 1. The molecule has 2 N–H and O–H groups in total. The van der Waals surface area contributed by atoms with Gasteiger partial charge in [0.1, 0.15) is 0 Å². The van der Waals surface area contributed by atoms with Crippen molar-refractivity contribution in [3.63, 3.8) is 0 Å². The number of anilines is 3. The molecule has 1 aromatic heterocycles. The van der Waals surface area contributed by atoms with Crippen molar-refractivity contribution in [2.45, 2.75) is 46.0 Å². The van der Waals surface area contributed by atoms with Crippen molar-refractivity contribution < 1.29 is 4.79 Å². The summed E-state index contributed by atoms with van der Waals surface area (Å²) >= 11 is 0. The van der Waals surface area contributed by atoms with Crippen LogP contribution in [-0.4, -0.2) is 35.5 Å². The van der Waals surface area contributed by atoms with Crippen molar-refractivity contribution >= 4 is 23.2 Å². The van der Waals surface area contributed by atoms with Crippen molar-refractivity contribution in [2.24, 2.45) is 0 Å². The Hall–Kier alpha value is -2.63. The molecule has 0 radical (unpaired) electrons. The van der Waals surface area contributed by atoms with Gasteiger partial charge in [-0.1, -0.05) is 0 Å². The summed E-state index contributed by atoms with van der Waals surface area (Å²) in [4.78, 5) is 23.2.